The highest BCUT2D eigenvalue weighted by Gasteiger charge is 2.42. The number of pyridine rings is 1. The topological polar surface area (TPSA) is 59.4 Å². The Hall–Kier alpha value is -3.49. The SMILES string of the molecule is COC(=O)c1cccc(-n2c(C)cc(C3C(c4ccccn4)NC(=S)N3c3ccc(Br)c(C)c3)c2C)c1. The van der Waals surface area contributed by atoms with Crippen LogP contribution in [0.1, 0.15) is 50.7 Å². The van der Waals surface area contributed by atoms with E-state index in [0.717, 1.165) is 44.1 Å². The molecule has 1 saturated heterocycles. The van der Waals surface area contributed by atoms with Crippen molar-refractivity contribution >= 4 is 44.9 Å². The number of aromatic nitrogens is 2. The van der Waals surface area contributed by atoms with Crippen LogP contribution >= 0.6 is 28.1 Å². The Bertz CT molecular complexity index is 1500. The van der Waals surface area contributed by atoms with Crippen molar-refractivity contribution in [3.05, 3.63) is 111 Å². The number of anilines is 1. The number of aryl methyl sites for hydroxylation is 2. The van der Waals surface area contributed by atoms with Gasteiger partial charge in [-0.1, -0.05) is 28.1 Å². The molecule has 188 valence electrons. The molecule has 2 atom stereocenters. The first kappa shape index (κ1) is 25.2. The van der Waals surface area contributed by atoms with Gasteiger partial charge in [0.1, 0.15) is 0 Å². The van der Waals surface area contributed by atoms with Gasteiger partial charge in [0.05, 0.1) is 30.5 Å². The minimum atomic E-state index is -0.359. The normalized spacial score (nSPS) is 17.1. The number of benzene rings is 2. The summed E-state index contributed by atoms with van der Waals surface area (Å²) in [5.74, 6) is -0.359. The van der Waals surface area contributed by atoms with Crippen LogP contribution in [0.5, 0.6) is 0 Å². The number of thiocarbonyl (C=S) groups is 1. The van der Waals surface area contributed by atoms with Crippen molar-refractivity contribution in [3.63, 3.8) is 0 Å². The van der Waals surface area contributed by atoms with Crippen molar-refractivity contribution in [2.24, 2.45) is 0 Å². The second-order valence-electron chi connectivity index (χ2n) is 9.13. The minimum absolute atomic E-state index is 0.133. The molecule has 1 aliphatic rings. The average molecular weight is 576 g/mol. The quantitative estimate of drug-likeness (QED) is 0.216. The summed E-state index contributed by atoms with van der Waals surface area (Å²) < 4.78 is 8.16. The van der Waals surface area contributed by atoms with Crippen LogP contribution < -0.4 is 10.2 Å². The Morgan fingerprint density at radius 1 is 1.03 bits per heavy atom. The summed E-state index contributed by atoms with van der Waals surface area (Å²) in [6, 6.07) is 21.7. The monoisotopic (exact) mass is 574 g/mol. The average Bonchev–Trinajstić information content (AvgIpc) is 3.40. The van der Waals surface area contributed by atoms with E-state index in [1.807, 2.05) is 42.6 Å². The summed E-state index contributed by atoms with van der Waals surface area (Å²) in [7, 11) is 1.39. The molecule has 0 spiro atoms. The predicted molar refractivity (Wildman–Crippen MR) is 153 cm³/mol. The van der Waals surface area contributed by atoms with Crippen molar-refractivity contribution in [1.29, 1.82) is 0 Å². The third-order valence-electron chi connectivity index (χ3n) is 6.83. The number of hydrogen-bond acceptors (Lipinski definition) is 4. The summed E-state index contributed by atoms with van der Waals surface area (Å²) in [5.41, 5.74) is 7.72. The zero-order valence-corrected chi connectivity index (χ0v) is 23.4. The van der Waals surface area contributed by atoms with E-state index in [0.29, 0.717) is 10.7 Å². The molecule has 5 rings (SSSR count). The fourth-order valence-electron chi connectivity index (χ4n) is 5.10. The minimum Gasteiger partial charge on any atom is -0.465 e. The Morgan fingerprint density at radius 3 is 2.54 bits per heavy atom. The van der Waals surface area contributed by atoms with Gasteiger partial charge in [-0.05, 0) is 98.7 Å². The van der Waals surface area contributed by atoms with Gasteiger partial charge in [0.2, 0.25) is 0 Å². The molecule has 2 aromatic carbocycles. The third kappa shape index (κ3) is 4.55. The van der Waals surface area contributed by atoms with E-state index < -0.39 is 0 Å². The van der Waals surface area contributed by atoms with Crippen molar-refractivity contribution in [2.75, 3.05) is 12.0 Å². The van der Waals surface area contributed by atoms with E-state index in [1.54, 1.807) is 6.07 Å². The van der Waals surface area contributed by atoms with E-state index in [4.69, 9.17) is 17.0 Å². The van der Waals surface area contributed by atoms with Gasteiger partial charge >= 0.3 is 5.97 Å². The number of nitrogens with one attached hydrogen (secondary N) is 1. The van der Waals surface area contributed by atoms with E-state index in [-0.39, 0.29) is 18.1 Å². The summed E-state index contributed by atoms with van der Waals surface area (Å²) in [6.07, 6.45) is 1.81. The zero-order chi connectivity index (χ0) is 26.3. The molecule has 8 heteroatoms. The van der Waals surface area contributed by atoms with Gasteiger partial charge < -0.3 is 19.5 Å². The second-order valence-corrected chi connectivity index (χ2v) is 10.4. The van der Waals surface area contributed by atoms with Crippen LogP contribution in [0.2, 0.25) is 0 Å². The highest BCUT2D eigenvalue weighted by Crippen LogP contribution is 2.44. The first-order chi connectivity index (χ1) is 17.8. The highest BCUT2D eigenvalue weighted by molar-refractivity contribution is 9.10. The number of esters is 1. The lowest BCUT2D eigenvalue weighted by Crippen LogP contribution is -2.29. The van der Waals surface area contributed by atoms with Crippen molar-refractivity contribution in [1.82, 2.24) is 14.9 Å². The van der Waals surface area contributed by atoms with Crippen molar-refractivity contribution in [2.45, 2.75) is 32.9 Å². The maximum absolute atomic E-state index is 12.2. The highest BCUT2D eigenvalue weighted by atomic mass is 79.9. The number of halogens is 1. The molecule has 0 radical (unpaired) electrons. The third-order valence-corrected chi connectivity index (χ3v) is 8.04. The molecule has 0 bridgehead atoms. The molecule has 0 amide bonds. The van der Waals surface area contributed by atoms with Gasteiger partial charge in [-0.3, -0.25) is 4.98 Å². The number of nitrogens with zero attached hydrogens (tertiary/aromatic N) is 3. The maximum Gasteiger partial charge on any atom is 0.337 e. The number of ether oxygens (including phenoxy) is 1. The molecule has 4 aromatic rings. The van der Waals surface area contributed by atoms with Gasteiger partial charge in [0.25, 0.3) is 0 Å². The Kier molecular flexibility index (Phi) is 6.88. The van der Waals surface area contributed by atoms with Crippen molar-refractivity contribution < 1.29 is 9.53 Å². The standard InChI is InChI=1S/C29H27BrN4O2S/c1-17-14-22(11-12-24(17)30)34-27(26(32-29(34)37)25-10-5-6-13-31-25)23-15-18(2)33(19(23)3)21-9-7-8-20(16-21)28(35)36-4/h5-16,26-27H,1-4H3,(H,32,37). The van der Waals surface area contributed by atoms with Gasteiger partial charge in [-0.15, -0.1) is 0 Å². The lowest BCUT2D eigenvalue weighted by atomic mass is 9.96. The first-order valence-corrected chi connectivity index (χ1v) is 13.1. The molecule has 0 aliphatic carbocycles. The molecule has 6 nitrogen and oxygen atoms in total. The Morgan fingerprint density at radius 2 is 1.84 bits per heavy atom. The smallest absolute Gasteiger partial charge is 0.337 e. The number of hydrogen-bond donors (Lipinski definition) is 1. The molecule has 0 saturated carbocycles. The Labute approximate surface area is 230 Å². The maximum atomic E-state index is 12.2. The zero-order valence-electron chi connectivity index (χ0n) is 21.0. The molecular weight excluding hydrogens is 548 g/mol. The van der Waals surface area contributed by atoms with Crippen LogP contribution in [0.4, 0.5) is 5.69 Å². The van der Waals surface area contributed by atoms with E-state index >= 15 is 0 Å². The van der Waals surface area contributed by atoms with Gasteiger partial charge in [0, 0.05) is 33.4 Å². The second kappa shape index (κ2) is 10.1. The fourth-order valence-corrected chi connectivity index (χ4v) is 5.69. The van der Waals surface area contributed by atoms with Crippen LogP contribution in [0, 0.1) is 20.8 Å². The first-order valence-electron chi connectivity index (χ1n) is 11.9. The van der Waals surface area contributed by atoms with Gasteiger partial charge in [-0.2, -0.15) is 0 Å². The number of rotatable bonds is 5. The van der Waals surface area contributed by atoms with E-state index in [2.05, 4.69) is 80.7 Å². The largest absolute Gasteiger partial charge is 0.465 e. The number of carbonyl (C=O) groups is 1. The molecule has 37 heavy (non-hydrogen) atoms. The molecule has 3 heterocycles. The summed E-state index contributed by atoms with van der Waals surface area (Å²) in [4.78, 5) is 19.1. The van der Waals surface area contributed by atoms with E-state index in [9.17, 15) is 4.79 Å². The summed E-state index contributed by atoms with van der Waals surface area (Å²) in [6.45, 7) is 6.26. The van der Waals surface area contributed by atoms with Gasteiger partial charge in [-0.25, -0.2) is 4.79 Å². The van der Waals surface area contributed by atoms with Gasteiger partial charge in [0.15, 0.2) is 5.11 Å². The lowest BCUT2D eigenvalue weighted by molar-refractivity contribution is 0.0600. The van der Waals surface area contributed by atoms with Crippen LogP contribution in [0.3, 0.4) is 0 Å². The molecule has 2 unspecified atom stereocenters. The van der Waals surface area contributed by atoms with Crippen LogP contribution in [-0.2, 0) is 4.74 Å². The molecule has 2 aromatic heterocycles. The van der Waals surface area contributed by atoms with Crippen molar-refractivity contribution in [3.8, 4) is 5.69 Å². The molecule has 1 aliphatic heterocycles. The molecular formula is C29H27BrN4O2S. The number of methoxy groups -OCH3 is 1. The number of carbonyl (C=O) groups excluding carboxylic acids is 1. The summed E-state index contributed by atoms with van der Waals surface area (Å²) >= 11 is 9.53. The van der Waals surface area contributed by atoms with Crippen LogP contribution in [-0.4, -0.2) is 27.7 Å². The Balaban J connectivity index is 1.67. The fraction of sp³-hybridized carbons (Fsp3) is 0.207. The summed E-state index contributed by atoms with van der Waals surface area (Å²) in [5, 5.41) is 4.19. The van der Waals surface area contributed by atoms with E-state index in [1.165, 1.54) is 7.11 Å². The molecule has 1 fully saturated rings. The van der Waals surface area contributed by atoms with Crippen LogP contribution in [0.15, 0.2) is 77.4 Å². The lowest BCUT2D eigenvalue weighted by Gasteiger charge is -2.28. The van der Waals surface area contributed by atoms with Crippen LogP contribution in [0.25, 0.3) is 5.69 Å². The molecule has 1 N–H and O–H groups in total. The predicted octanol–water partition coefficient (Wildman–Crippen LogP) is 6.52.